The molecule has 15 heavy (non-hydrogen) atoms. The van der Waals surface area contributed by atoms with Gasteiger partial charge in [-0.05, 0) is 44.0 Å². The standard InChI is InChI=1S/C12H19NO2/c1-9-4-5-11(6-10(9)2)15-8-12(3,14)7-13/h4-6,14H,7-8,13H2,1-3H3. The Morgan fingerprint density at radius 1 is 1.33 bits per heavy atom. The van der Waals surface area contributed by atoms with Gasteiger partial charge in [0.25, 0.3) is 0 Å². The highest BCUT2D eigenvalue weighted by atomic mass is 16.5. The van der Waals surface area contributed by atoms with Crippen LogP contribution in [0.3, 0.4) is 0 Å². The molecule has 0 saturated heterocycles. The second-order valence-electron chi connectivity index (χ2n) is 4.24. The molecule has 3 nitrogen and oxygen atoms in total. The number of hydrogen-bond donors (Lipinski definition) is 2. The zero-order valence-electron chi connectivity index (χ0n) is 9.58. The molecule has 1 aromatic carbocycles. The topological polar surface area (TPSA) is 55.5 Å². The minimum atomic E-state index is -0.960. The summed E-state index contributed by atoms with van der Waals surface area (Å²) in [5.41, 5.74) is 6.84. The van der Waals surface area contributed by atoms with E-state index in [1.165, 1.54) is 11.1 Å². The van der Waals surface area contributed by atoms with Gasteiger partial charge >= 0.3 is 0 Å². The van der Waals surface area contributed by atoms with Gasteiger partial charge < -0.3 is 15.6 Å². The quantitative estimate of drug-likeness (QED) is 0.788. The van der Waals surface area contributed by atoms with E-state index in [1.54, 1.807) is 6.92 Å². The zero-order valence-corrected chi connectivity index (χ0v) is 9.58. The number of hydrogen-bond acceptors (Lipinski definition) is 3. The van der Waals surface area contributed by atoms with Gasteiger partial charge in [-0.15, -0.1) is 0 Å². The Morgan fingerprint density at radius 2 is 2.00 bits per heavy atom. The average Bonchev–Trinajstić information content (AvgIpc) is 2.20. The second-order valence-corrected chi connectivity index (χ2v) is 4.24. The van der Waals surface area contributed by atoms with Crippen molar-refractivity contribution >= 4 is 0 Å². The number of benzene rings is 1. The fraction of sp³-hybridized carbons (Fsp3) is 0.500. The van der Waals surface area contributed by atoms with Gasteiger partial charge in [-0.3, -0.25) is 0 Å². The lowest BCUT2D eigenvalue weighted by molar-refractivity contribution is 0.0195. The second kappa shape index (κ2) is 4.64. The van der Waals surface area contributed by atoms with Crippen LogP contribution in [0.1, 0.15) is 18.1 Å². The van der Waals surface area contributed by atoms with Crippen molar-refractivity contribution in [2.24, 2.45) is 5.73 Å². The third-order valence-electron chi connectivity index (χ3n) is 2.47. The van der Waals surface area contributed by atoms with Crippen LogP contribution in [0.15, 0.2) is 18.2 Å². The Kier molecular flexibility index (Phi) is 3.72. The minimum Gasteiger partial charge on any atom is -0.491 e. The summed E-state index contributed by atoms with van der Waals surface area (Å²) in [6.07, 6.45) is 0. The maximum Gasteiger partial charge on any atom is 0.119 e. The van der Waals surface area contributed by atoms with E-state index < -0.39 is 5.60 Å². The lowest BCUT2D eigenvalue weighted by Gasteiger charge is -2.21. The summed E-state index contributed by atoms with van der Waals surface area (Å²) in [5, 5.41) is 9.66. The maximum absolute atomic E-state index is 9.66. The van der Waals surface area contributed by atoms with Gasteiger partial charge in [0, 0.05) is 6.54 Å². The van der Waals surface area contributed by atoms with E-state index >= 15 is 0 Å². The predicted molar refractivity (Wildman–Crippen MR) is 61.1 cm³/mol. The van der Waals surface area contributed by atoms with Crippen LogP contribution in [0.4, 0.5) is 0 Å². The largest absolute Gasteiger partial charge is 0.491 e. The predicted octanol–water partition coefficient (Wildman–Crippen LogP) is 1.39. The first-order chi connectivity index (χ1) is 6.94. The number of aryl methyl sites for hydroxylation is 2. The molecule has 0 fully saturated rings. The Morgan fingerprint density at radius 3 is 2.53 bits per heavy atom. The van der Waals surface area contributed by atoms with Crippen LogP contribution in [-0.4, -0.2) is 23.9 Å². The first-order valence-electron chi connectivity index (χ1n) is 5.07. The molecule has 0 aliphatic carbocycles. The minimum absolute atomic E-state index is 0.192. The van der Waals surface area contributed by atoms with Crippen molar-refractivity contribution in [3.63, 3.8) is 0 Å². The summed E-state index contributed by atoms with van der Waals surface area (Å²) in [6, 6.07) is 5.86. The van der Waals surface area contributed by atoms with Crippen molar-refractivity contribution in [2.45, 2.75) is 26.4 Å². The summed E-state index contributed by atoms with van der Waals surface area (Å²) < 4.78 is 5.47. The van der Waals surface area contributed by atoms with Gasteiger partial charge in [-0.1, -0.05) is 6.07 Å². The maximum atomic E-state index is 9.66. The molecule has 0 heterocycles. The third-order valence-corrected chi connectivity index (χ3v) is 2.47. The van der Waals surface area contributed by atoms with Gasteiger partial charge in [0.05, 0.1) is 0 Å². The van der Waals surface area contributed by atoms with Gasteiger partial charge in [0.2, 0.25) is 0 Å². The Bertz CT molecular complexity index is 334. The highest BCUT2D eigenvalue weighted by molar-refractivity contribution is 5.33. The molecule has 84 valence electrons. The fourth-order valence-electron chi connectivity index (χ4n) is 1.10. The molecule has 0 radical (unpaired) electrons. The first-order valence-corrected chi connectivity index (χ1v) is 5.07. The van der Waals surface area contributed by atoms with Crippen LogP contribution >= 0.6 is 0 Å². The van der Waals surface area contributed by atoms with Crippen LogP contribution in [-0.2, 0) is 0 Å². The van der Waals surface area contributed by atoms with Gasteiger partial charge in [-0.25, -0.2) is 0 Å². The van der Waals surface area contributed by atoms with Crippen molar-refractivity contribution < 1.29 is 9.84 Å². The Hall–Kier alpha value is -1.06. The van der Waals surface area contributed by atoms with Crippen molar-refractivity contribution in [1.29, 1.82) is 0 Å². The smallest absolute Gasteiger partial charge is 0.119 e. The number of ether oxygens (including phenoxy) is 1. The average molecular weight is 209 g/mol. The molecular formula is C12H19NO2. The number of aliphatic hydroxyl groups is 1. The molecule has 0 amide bonds. The summed E-state index contributed by atoms with van der Waals surface area (Å²) >= 11 is 0. The highest BCUT2D eigenvalue weighted by Gasteiger charge is 2.18. The number of rotatable bonds is 4. The lowest BCUT2D eigenvalue weighted by atomic mass is 10.1. The van der Waals surface area contributed by atoms with E-state index in [0.717, 1.165) is 5.75 Å². The van der Waals surface area contributed by atoms with Crippen molar-refractivity contribution in [3.8, 4) is 5.75 Å². The summed E-state index contributed by atoms with van der Waals surface area (Å²) in [6.45, 7) is 6.15. The van der Waals surface area contributed by atoms with E-state index in [1.807, 2.05) is 25.1 Å². The van der Waals surface area contributed by atoms with Crippen LogP contribution in [0.5, 0.6) is 5.75 Å². The Balaban J connectivity index is 2.62. The fourth-order valence-corrected chi connectivity index (χ4v) is 1.10. The molecule has 3 N–H and O–H groups in total. The summed E-state index contributed by atoms with van der Waals surface area (Å²) in [5.74, 6) is 0.770. The molecule has 1 atom stereocenters. The van der Waals surface area contributed by atoms with E-state index in [2.05, 4.69) is 6.92 Å². The van der Waals surface area contributed by atoms with Gasteiger partial charge in [0.1, 0.15) is 18.0 Å². The third kappa shape index (κ3) is 3.53. The van der Waals surface area contributed by atoms with Gasteiger partial charge in [-0.2, -0.15) is 0 Å². The molecule has 1 unspecified atom stereocenters. The van der Waals surface area contributed by atoms with Crippen LogP contribution < -0.4 is 10.5 Å². The summed E-state index contributed by atoms with van der Waals surface area (Å²) in [4.78, 5) is 0. The highest BCUT2D eigenvalue weighted by Crippen LogP contribution is 2.17. The van der Waals surface area contributed by atoms with Crippen molar-refractivity contribution in [3.05, 3.63) is 29.3 Å². The van der Waals surface area contributed by atoms with Gasteiger partial charge in [0.15, 0.2) is 0 Å². The molecule has 3 heteroatoms. The molecule has 0 aromatic heterocycles. The molecule has 0 aliphatic heterocycles. The zero-order chi connectivity index (χ0) is 11.5. The Labute approximate surface area is 90.9 Å². The van der Waals surface area contributed by atoms with Crippen LogP contribution in [0, 0.1) is 13.8 Å². The lowest BCUT2D eigenvalue weighted by Crippen LogP contribution is -2.40. The van der Waals surface area contributed by atoms with Crippen molar-refractivity contribution in [2.75, 3.05) is 13.2 Å². The molecule has 0 spiro atoms. The monoisotopic (exact) mass is 209 g/mol. The first kappa shape index (κ1) is 12.0. The normalized spacial score (nSPS) is 14.7. The van der Waals surface area contributed by atoms with E-state index in [-0.39, 0.29) is 13.2 Å². The molecule has 1 aromatic rings. The van der Waals surface area contributed by atoms with Crippen molar-refractivity contribution in [1.82, 2.24) is 0 Å². The molecular weight excluding hydrogens is 190 g/mol. The van der Waals surface area contributed by atoms with Crippen LogP contribution in [0.2, 0.25) is 0 Å². The molecule has 0 bridgehead atoms. The molecule has 0 saturated carbocycles. The van der Waals surface area contributed by atoms with E-state index in [0.29, 0.717) is 0 Å². The van der Waals surface area contributed by atoms with E-state index in [4.69, 9.17) is 10.5 Å². The summed E-state index contributed by atoms with van der Waals surface area (Å²) in [7, 11) is 0. The van der Waals surface area contributed by atoms with Crippen LogP contribution in [0.25, 0.3) is 0 Å². The molecule has 0 aliphatic rings. The SMILES string of the molecule is Cc1ccc(OCC(C)(O)CN)cc1C. The number of nitrogens with two attached hydrogens (primary N) is 1. The van der Waals surface area contributed by atoms with E-state index in [9.17, 15) is 5.11 Å². The molecule has 1 rings (SSSR count).